The van der Waals surface area contributed by atoms with E-state index in [1.165, 1.54) is 11.2 Å². The molecule has 2 aliphatic rings. The van der Waals surface area contributed by atoms with Gasteiger partial charge in [-0.3, -0.25) is 24.6 Å². The Morgan fingerprint density at radius 1 is 1.38 bits per heavy atom. The molecule has 26 heavy (non-hydrogen) atoms. The molecular weight excluding hydrogens is 356 g/mol. The van der Waals surface area contributed by atoms with Gasteiger partial charge in [0, 0.05) is 6.54 Å². The fraction of sp³-hybridized carbons (Fsp3) is 0.611. The van der Waals surface area contributed by atoms with Crippen molar-refractivity contribution in [1.82, 2.24) is 10.2 Å². The number of imide groups is 1. The van der Waals surface area contributed by atoms with E-state index in [-0.39, 0.29) is 25.0 Å². The summed E-state index contributed by atoms with van der Waals surface area (Å²) in [6, 6.07) is 2.96. The van der Waals surface area contributed by atoms with E-state index < -0.39 is 29.4 Å². The van der Waals surface area contributed by atoms with Crippen molar-refractivity contribution in [2.75, 3.05) is 25.2 Å². The SMILES string of the molecule is CCOC(=O)[C@]1(CCSC)N[C@H](c2ccco2)[C@H]2C(=O)N(CC)C(=O)[C@H]21. The fourth-order valence-electron chi connectivity index (χ4n) is 4.13. The van der Waals surface area contributed by atoms with Gasteiger partial charge in [0.25, 0.3) is 0 Å². The molecule has 4 atom stereocenters. The number of likely N-dealkylation sites (tertiary alicyclic amines) is 1. The lowest BCUT2D eigenvalue weighted by Gasteiger charge is -2.32. The lowest BCUT2D eigenvalue weighted by molar-refractivity contribution is -0.156. The summed E-state index contributed by atoms with van der Waals surface area (Å²) in [6.45, 7) is 4.00. The third-order valence-corrected chi connectivity index (χ3v) is 5.86. The molecule has 0 unspecified atom stereocenters. The van der Waals surface area contributed by atoms with Crippen LogP contribution in [0.15, 0.2) is 22.8 Å². The van der Waals surface area contributed by atoms with Gasteiger partial charge in [-0.2, -0.15) is 11.8 Å². The molecule has 1 aromatic heterocycles. The average Bonchev–Trinajstić information content (AvgIpc) is 3.31. The normalized spacial score (nSPS) is 30.7. The lowest BCUT2D eigenvalue weighted by Crippen LogP contribution is -2.56. The third kappa shape index (κ3) is 2.75. The van der Waals surface area contributed by atoms with Crippen LogP contribution in [-0.4, -0.2) is 53.4 Å². The molecule has 0 spiro atoms. The first kappa shape index (κ1) is 19.0. The van der Waals surface area contributed by atoms with Gasteiger partial charge in [0.15, 0.2) is 0 Å². The molecule has 2 aliphatic heterocycles. The molecule has 0 bridgehead atoms. The Hall–Kier alpha value is -1.80. The summed E-state index contributed by atoms with van der Waals surface area (Å²) in [4.78, 5) is 40.2. The minimum atomic E-state index is -1.22. The Bertz CT molecular complexity index is 692. The summed E-state index contributed by atoms with van der Waals surface area (Å²) in [7, 11) is 0. The highest BCUT2D eigenvalue weighted by molar-refractivity contribution is 7.98. The second-order valence-corrected chi connectivity index (χ2v) is 7.48. The number of hydrogen-bond acceptors (Lipinski definition) is 7. The number of ether oxygens (including phenoxy) is 1. The average molecular weight is 380 g/mol. The van der Waals surface area contributed by atoms with E-state index in [4.69, 9.17) is 9.15 Å². The smallest absolute Gasteiger partial charge is 0.327 e. The van der Waals surface area contributed by atoms with Crippen molar-refractivity contribution in [3.8, 4) is 0 Å². The topological polar surface area (TPSA) is 88.8 Å². The van der Waals surface area contributed by atoms with Gasteiger partial charge in [0.1, 0.15) is 11.3 Å². The van der Waals surface area contributed by atoms with Crippen molar-refractivity contribution < 1.29 is 23.5 Å². The number of esters is 1. The van der Waals surface area contributed by atoms with Gasteiger partial charge < -0.3 is 9.15 Å². The molecule has 142 valence electrons. The maximum Gasteiger partial charge on any atom is 0.327 e. The van der Waals surface area contributed by atoms with E-state index in [9.17, 15) is 14.4 Å². The Kier molecular flexibility index (Phi) is 5.43. The highest BCUT2D eigenvalue weighted by atomic mass is 32.2. The monoisotopic (exact) mass is 380 g/mol. The first-order valence-electron chi connectivity index (χ1n) is 8.84. The third-order valence-electron chi connectivity index (χ3n) is 5.25. The van der Waals surface area contributed by atoms with Crippen molar-refractivity contribution in [3.05, 3.63) is 24.2 Å². The summed E-state index contributed by atoms with van der Waals surface area (Å²) in [5.41, 5.74) is -1.22. The summed E-state index contributed by atoms with van der Waals surface area (Å²) >= 11 is 1.58. The zero-order valence-corrected chi connectivity index (χ0v) is 16.0. The molecular formula is C18H24N2O5S. The van der Waals surface area contributed by atoms with Crippen LogP contribution in [0, 0.1) is 11.8 Å². The number of carbonyl (C=O) groups is 3. The van der Waals surface area contributed by atoms with Crippen molar-refractivity contribution in [2.45, 2.75) is 31.8 Å². The number of thioether (sulfide) groups is 1. The van der Waals surface area contributed by atoms with Gasteiger partial charge in [-0.25, -0.2) is 0 Å². The predicted molar refractivity (Wildman–Crippen MR) is 96.3 cm³/mol. The van der Waals surface area contributed by atoms with Gasteiger partial charge >= 0.3 is 5.97 Å². The maximum atomic E-state index is 13.1. The first-order valence-corrected chi connectivity index (χ1v) is 10.2. The Balaban J connectivity index is 2.10. The highest BCUT2D eigenvalue weighted by Gasteiger charge is 2.68. The van der Waals surface area contributed by atoms with Crippen LogP contribution in [0.25, 0.3) is 0 Å². The van der Waals surface area contributed by atoms with Gasteiger partial charge in [-0.1, -0.05) is 0 Å². The minimum absolute atomic E-state index is 0.212. The van der Waals surface area contributed by atoms with E-state index in [1.807, 2.05) is 6.26 Å². The van der Waals surface area contributed by atoms with Crippen LogP contribution in [0.1, 0.15) is 32.1 Å². The molecule has 2 fully saturated rings. The van der Waals surface area contributed by atoms with Crippen LogP contribution in [0.4, 0.5) is 0 Å². The molecule has 0 aliphatic carbocycles. The molecule has 7 nitrogen and oxygen atoms in total. The second-order valence-electron chi connectivity index (χ2n) is 6.50. The number of nitrogens with one attached hydrogen (secondary N) is 1. The number of rotatable bonds is 7. The van der Waals surface area contributed by atoms with Gasteiger partial charge in [0.05, 0.1) is 30.7 Å². The molecule has 1 N–H and O–H groups in total. The predicted octanol–water partition coefficient (Wildman–Crippen LogP) is 1.60. The number of carbonyl (C=O) groups excluding carboxylic acids is 3. The van der Waals surface area contributed by atoms with Gasteiger partial charge in [0.2, 0.25) is 11.8 Å². The van der Waals surface area contributed by atoms with E-state index >= 15 is 0 Å². The Morgan fingerprint density at radius 3 is 2.73 bits per heavy atom. The van der Waals surface area contributed by atoms with Crippen molar-refractivity contribution >= 4 is 29.5 Å². The largest absolute Gasteiger partial charge is 0.468 e. The van der Waals surface area contributed by atoms with E-state index in [1.54, 1.807) is 37.7 Å². The van der Waals surface area contributed by atoms with Crippen molar-refractivity contribution in [2.24, 2.45) is 11.8 Å². The molecule has 8 heteroatoms. The first-order chi connectivity index (χ1) is 12.5. The van der Waals surface area contributed by atoms with E-state index in [0.717, 1.165) is 0 Å². The minimum Gasteiger partial charge on any atom is -0.468 e. The quantitative estimate of drug-likeness (QED) is 0.568. The zero-order chi connectivity index (χ0) is 18.9. The van der Waals surface area contributed by atoms with E-state index in [2.05, 4.69) is 5.32 Å². The number of furan rings is 1. The maximum absolute atomic E-state index is 13.1. The molecule has 2 saturated heterocycles. The number of fused-ring (bicyclic) bond motifs is 1. The zero-order valence-electron chi connectivity index (χ0n) is 15.2. The van der Waals surface area contributed by atoms with Crippen LogP contribution in [0.3, 0.4) is 0 Å². The fourth-order valence-corrected chi connectivity index (χ4v) is 4.65. The molecule has 2 amide bonds. The van der Waals surface area contributed by atoms with Crippen LogP contribution in [0.2, 0.25) is 0 Å². The van der Waals surface area contributed by atoms with Crippen molar-refractivity contribution in [3.63, 3.8) is 0 Å². The molecule has 0 radical (unpaired) electrons. The Morgan fingerprint density at radius 2 is 2.15 bits per heavy atom. The highest BCUT2D eigenvalue weighted by Crippen LogP contribution is 2.50. The molecule has 1 aromatic rings. The van der Waals surface area contributed by atoms with Crippen LogP contribution in [0.5, 0.6) is 0 Å². The van der Waals surface area contributed by atoms with Crippen LogP contribution < -0.4 is 5.32 Å². The second kappa shape index (κ2) is 7.44. The molecule has 3 rings (SSSR count). The van der Waals surface area contributed by atoms with Crippen LogP contribution in [-0.2, 0) is 19.1 Å². The molecule has 0 saturated carbocycles. The summed E-state index contributed by atoms with van der Waals surface area (Å²) in [6.07, 6.45) is 3.87. The van der Waals surface area contributed by atoms with Gasteiger partial charge in [-0.15, -0.1) is 0 Å². The van der Waals surface area contributed by atoms with Gasteiger partial charge in [-0.05, 0) is 44.4 Å². The van der Waals surface area contributed by atoms with Crippen LogP contribution >= 0.6 is 11.8 Å². The van der Waals surface area contributed by atoms with Crippen molar-refractivity contribution in [1.29, 1.82) is 0 Å². The Labute approximate surface area is 156 Å². The summed E-state index contributed by atoms with van der Waals surface area (Å²) in [5, 5.41) is 3.28. The summed E-state index contributed by atoms with van der Waals surface area (Å²) in [5.74, 6) is -1.28. The lowest BCUT2D eigenvalue weighted by atomic mass is 9.78. The standard InChI is InChI=1S/C18H24N2O5S/c1-4-20-15(21)12-13(16(20)22)18(8-10-26-3,17(23)24-5-2)19-14(12)11-7-6-9-25-11/h6-7,9,12-14,19H,4-5,8,10H2,1-3H3/t12-,13-,14+,18+/m0/s1. The number of hydrogen-bond donors (Lipinski definition) is 1. The number of amides is 2. The molecule has 3 heterocycles. The molecule has 0 aromatic carbocycles. The number of nitrogens with zero attached hydrogens (tertiary/aromatic N) is 1. The van der Waals surface area contributed by atoms with E-state index in [0.29, 0.717) is 17.9 Å². The summed E-state index contributed by atoms with van der Waals surface area (Å²) < 4.78 is 10.8.